The molecular weight excluding hydrogens is 270 g/mol. The summed E-state index contributed by atoms with van der Waals surface area (Å²) in [6.07, 6.45) is 3.77. The summed E-state index contributed by atoms with van der Waals surface area (Å²) < 4.78 is 1.25. The van der Waals surface area contributed by atoms with Crippen LogP contribution in [-0.2, 0) is 6.42 Å². The van der Waals surface area contributed by atoms with Gasteiger partial charge in [-0.1, -0.05) is 5.92 Å². The molecule has 1 heterocycles. The molecule has 0 fully saturated rings. The van der Waals surface area contributed by atoms with Gasteiger partial charge >= 0.3 is 0 Å². The number of nitrogens with one attached hydrogen (secondary N) is 1. The first kappa shape index (κ1) is 11.2. The Balaban J connectivity index is 2.10. The predicted molar refractivity (Wildman–Crippen MR) is 69.2 cm³/mol. The van der Waals surface area contributed by atoms with E-state index in [0.717, 1.165) is 6.54 Å². The Morgan fingerprint density at radius 2 is 2.53 bits per heavy atom. The number of thiophene rings is 1. The molecular formula is C12H14BrNS. The lowest BCUT2D eigenvalue weighted by molar-refractivity contribution is 0.488. The van der Waals surface area contributed by atoms with Gasteiger partial charge in [0, 0.05) is 10.9 Å². The molecule has 3 heteroatoms. The number of rotatable bonds is 2. The minimum atomic E-state index is 0.511. The Morgan fingerprint density at radius 3 is 3.33 bits per heavy atom. The molecule has 0 aromatic carbocycles. The van der Waals surface area contributed by atoms with Crippen molar-refractivity contribution in [3.8, 4) is 11.8 Å². The van der Waals surface area contributed by atoms with Crippen molar-refractivity contribution in [1.82, 2.24) is 5.32 Å². The summed E-state index contributed by atoms with van der Waals surface area (Å²) in [5.74, 6) is 5.98. The van der Waals surface area contributed by atoms with E-state index < -0.39 is 0 Å². The molecule has 80 valence electrons. The second-order valence-electron chi connectivity index (χ2n) is 3.68. The Bertz CT molecular complexity index is 399. The number of fused-ring (bicyclic) bond motifs is 1. The lowest BCUT2D eigenvalue weighted by Gasteiger charge is -2.22. The molecule has 0 saturated heterocycles. The van der Waals surface area contributed by atoms with Gasteiger partial charge in [-0.25, -0.2) is 0 Å². The second kappa shape index (κ2) is 5.16. The van der Waals surface area contributed by atoms with Gasteiger partial charge in [-0.2, -0.15) is 0 Å². The Hall–Kier alpha value is -0.300. The largest absolute Gasteiger partial charge is 0.299 e. The molecule has 0 amide bonds. The van der Waals surface area contributed by atoms with Crippen LogP contribution in [0.15, 0.2) is 9.85 Å². The summed E-state index contributed by atoms with van der Waals surface area (Å²) in [5, 5.41) is 3.50. The summed E-state index contributed by atoms with van der Waals surface area (Å²) in [5.41, 5.74) is 1.48. The SMILES string of the molecule is CC#CCNC1CCCc2sc(Br)cc21. The Kier molecular flexibility index (Phi) is 3.85. The normalized spacial score (nSPS) is 19.2. The number of hydrogen-bond acceptors (Lipinski definition) is 2. The van der Waals surface area contributed by atoms with Crippen LogP contribution in [0.4, 0.5) is 0 Å². The fourth-order valence-electron chi connectivity index (χ4n) is 2.00. The van der Waals surface area contributed by atoms with E-state index in [9.17, 15) is 0 Å². The molecule has 1 aliphatic carbocycles. The first-order valence-corrected chi connectivity index (χ1v) is 6.83. The Labute approximate surface area is 103 Å². The maximum Gasteiger partial charge on any atom is 0.0704 e. The van der Waals surface area contributed by atoms with Crippen molar-refractivity contribution in [2.75, 3.05) is 6.54 Å². The predicted octanol–water partition coefficient (Wildman–Crippen LogP) is 3.50. The smallest absolute Gasteiger partial charge is 0.0704 e. The van der Waals surface area contributed by atoms with Crippen LogP contribution in [0.3, 0.4) is 0 Å². The minimum absolute atomic E-state index is 0.511. The lowest BCUT2D eigenvalue weighted by atomic mass is 9.94. The van der Waals surface area contributed by atoms with Crippen LogP contribution in [-0.4, -0.2) is 6.54 Å². The molecule has 1 nitrogen and oxygen atoms in total. The number of aryl methyl sites for hydroxylation is 1. The van der Waals surface area contributed by atoms with E-state index in [1.165, 1.54) is 33.5 Å². The van der Waals surface area contributed by atoms with Crippen LogP contribution < -0.4 is 5.32 Å². The molecule has 1 unspecified atom stereocenters. The molecule has 0 bridgehead atoms. The van der Waals surface area contributed by atoms with Crippen LogP contribution in [0.5, 0.6) is 0 Å². The molecule has 1 atom stereocenters. The van der Waals surface area contributed by atoms with Crippen molar-refractivity contribution in [3.05, 3.63) is 20.3 Å². The summed E-state index contributed by atoms with van der Waals surface area (Å²) in [4.78, 5) is 1.54. The van der Waals surface area contributed by atoms with Gasteiger partial charge in [0.1, 0.15) is 0 Å². The fraction of sp³-hybridized carbons (Fsp3) is 0.500. The highest BCUT2D eigenvalue weighted by atomic mass is 79.9. The molecule has 1 N–H and O–H groups in total. The van der Waals surface area contributed by atoms with E-state index in [0.29, 0.717) is 6.04 Å². The Morgan fingerprint density at radius 1 is 1.67 bits per heavy atom. The molecule has 1 aromatic rings. The van der Waals surface area contributed by atoms with E-state index in [4.69, 9.17) is 0 Å². The van der Waals surface area contributed by atoms with E-state index in [1.807, 2.05) is 18.3 Å². The van der Waals surface area contributed by atoms with E-state index in [-0.39, 0.29) is 0 Å². The number of halogens is 1. The third-order valence-corrected chi connectivity index (χ3v) is 4.41. The van der Waals surface area contributed by atoms with Gasteiger partial charge in [0.05, 0.1) is 10.3 Å². The highest BCUT2D eigenvalue weighted by Gasteiger charge is 2.21. The maximum absolute atomic E-state index is 3.56. The zero-order chi connectivity index (χ0) is 10.7. The third kappa shape index (κ3) is 2.63. The average Bonchev–Trinajstić information content (AvgIpc) is 2.59. The molecule has 0 aliphatic heterocycles. The van der Waals surface area contributed by atoms with Crippen molar-refractivity contribution in [2.24, 2.45) is 0 Å². The van der Waals surface area contributed by atoms with E-state index in [1.54, 1.807) is 0 Å². The van der Waals surface area contributed by atoms with Gasteiger partial charge in [0.15, 0.2) is 0 Å². The van der Waals surface area contributed by atoms with Crippen molar-refractivity contribution < 1.29 is 0 Å². The van der Waals surface area contributed by atoms with Crippen LogP contribution in [0, 0.1) is 11.8 Å². The zero-order valence-electron chi connectivity index (χ0n) is 8.77. The van der Waals surface area contributed by atoms with Crippen LogP contribution >= 0.6 is 27.3 Å². The summed E-state index contributed by atoms with van der Waals surface area (Å²) in [6, 6.07) is 2.77. The first-order valence-electron chi connectivity index (χ1n) is 5.22. The van der Waals surface area contributed by atoms with Gasteiger partial charge in [0.25, 0.3) is 0 Å². The minimum Gasteiger partial charge on any atom is -0.299 e. The quantitative estimate of drug-likeness (QED) is 0.820. The maximum atomic E-state index is 3.56. The summed E-state index contributed by atoms with van der Waals surface area (Å²) in [7, 11) is 0. The molecule has 2 rings (SSSR count). The average molecular weight is 284 g/mol. The fourth-order valence-corrected chi connectivity index (χ4v) is 3.82. The topological polar surface area (TPSA) is 12.0 Å². The molecule has 0 radical (unpaired) electrons. The van der Waals surface area contributed by atoms with Crippen molar-refractivity contribution in [3.63, 3.8) is 0 Å². The van der Waals surface area contributed by atoms with Gasteiger partial charge < -0.3 is 0 Å². The standard InChI is InChI=1S/C12H14BrNS/c1-2-3-7-14-10-5-4-6-11-9(10)8-12(13)15-11/h8,10,14H,4-7H2,1H3. The van der Waals surface area contributed by atoms with Gasteiger partial charge in [-0.15, -0.1) is 17.3 Å². The molecule has 0 spiro atoms. The number of hydrogen-bond donors (Lipinski definition) is 1. The summed E-state index contributed by atoms with van der Waals surface area (Å²) in [6.45, 7) is 2.68. The monoisotopic (exact) mass is 283 g/mol. The van der Waals surface area contributed by atoms with Crippen LogP contribution in [0.1, 0.15) is 36.2 Å². The molecule has 1 aromatic heterocycles. The van der Waals surface area contributed by atoms with Crippen LogP contribution in [0.2, 0.25) is 0 Å². The molecule has 0 saturated carbocycles. The van der Waals surface area contributed by atoms with E-state index in [2.05, 4.69) is 39.2 Å². The zero-order valence-corrected chi connectivity index (χ0v) is 11.2. The van der Waals surface area contributed by atoms with Gasteiger partial charge in [-0.05, 0) is 53.7 Å². The highest BCUT2D eigenvalue weighted by Crippen LogP contribution is 2.37. The second-order valence-corrected chi connectivity index (χ2v) is 6.20. The summed E-state index contributed by atoms with van der Waals surface area (Å²) >= 11 is 5.44. The first-order chi connectivity index (χ1) is 7.31. The van der Waals surface area contributed by atoms with Crippen molar-refractivity contribution >= 4 is 27.3 Å². The van der Waals surface area contributed by atoms with Gasteiger partial charge in [0.2, 0.25) is 0 Å². The lowest BCUT2D eigenvalue weighted by Crippen LogP contribution is -2.24. The van der Waals surface area contributed by atoms with Crippen molar-refractivity contribution in [1.29, 1.82) is 0 Å². The highest BCUT2D eigenvalue weighted by molar-refractivity contribution is 9.11. The van der Waals surface area contributed by atoms with E-state index >= 15 is 0 Å². The molecule has 1 aliphatic rings. The van der Waals surface area contributed by atoms with Gasteiger partial charge in [-0.3, -0.25) is 5.32 Å². The molecule has 15 heavy (non-hydrogen) atoms. The third-order valence-electron chi connectivity index (χ3n) is 2.70. The van der Waals surface area contributed by atoms with Crippen LogP contribution in [0.25, 0.3) is 0 Å². The van der Waals surface area contributed by atoms with Crippen molar-refractivity contribution in [2.45, 2.75) is 32.2 Å².